The number of benzene rings is 2. The van der Waals surface area contributed by atoms with Crippen LogP contribution in [0.2, 0.25) is 0 Å². The third-order valence-corrected chi connectivity index (χ3v) is 5.22. The largest absolute Gasteiger partial charge is 0.315 e. The number of fused-ring (bicyclic) bond motifs is 2. The Morgan fingerprint density at radius 3 is 2.55 bits per heavy atom. The molecule has 0 aromatic heterocycles. The molecule has 1 aliphatic heterocycles. The Labute approximate surface area is 138 Å². The van der Waals surface area contributed by atoms with Crippen LogP contribution in [0.4, 0.5) is 5.69 Å². The van der Waals surface area contributed by atoms with Crippen LogP contribution in [-0.2, 0) is 0 Å². The van der Waals surface area contributed by atoms with Crippen LogP contribution in [0.5, 0.6) is 0 Å². The normalized spacial score (nSPS) is 16.8. The Bertz CT molecular complexity index is 626. The summed E-state index contributed by atoms with van der Waals surface area (Å²) in [6, 6.07) is 17.8. The van der Waals surface area contributed by atoms with Crippen LogP contribution in [0.15, 0.2) is 53.4 Å². The molecule has 2 nitrogen and oxygen atoms in total. The first-order valence-electron chi connectivity index (χ1n) is 8.14. The molecule has 22 heavy (non-hydrogen) atoms. The molecule has 0 bridgehead atoms. The minimum Gasteiger partial charge on any atom is -0.315 e. The lowest BCUT2D eigenvalue weighted by atomic mass is 9.96. The lowest BCUT2D eigenvalue weighted by Crippen LogP contribution is -2.24. The number of rotatable bonds is 5. The fourth-order valence-corrected chi connectivity index (χ4v) is 4.02. The molecule has 0 spiro atoms. The molecule has 3 rings (SSSR count). The maximum atomic E-state index is 3.79. The molecular formula is C19H24N2S. The first kappa shape index (κ1) is 15.4. The maximum Gasteiger partial charge on any atom is 0.0609 e. The van der Waals surface area contributed by atoms with Crippen LogP contribution in [0, 0.1) is 0 Å². The quantitative estimate of drug-likeness (QED) is 0.617. The van der Waals surface area contributed by atoms with E-state index in [1.54, 1.807) is 0 Å². The molecule has 0 saturated carbocycles. The SMILES string of the molecule is CCCCCNC1c2ccccc2SN(C)c2ccccc21. The van der Waals surface area contributed by atoms with Gasteiger partial charge >= 0.3 is 0 Å². The number of hydrogen-bond acceptors (Lipinski definition) is 3. The molecule has 1 heterocycles. The van der Waals surface area contributed by atoms with Gasteiger partial charge in [-0.3, -0.25) is 0 Å². The van der Waals surface area contributed by atoms with Gasteiger partial charge in [0, 0.05) is 11.9 Å². The Morgan fingerprint density at radius 1 is 1.00 bits per heavy atom. The Kier molecular flexibility index (Phi) is 5.06. The van der Waals surface area contributed by atoms with Gasteiger partial charge in [0.1, 0.15) is 0 Å². The maximum absolute atomic E-state index is 3.79. The summed E-state index contributed by atoms with van der Waals surface area (Å²) in [5.41, 5.74) is 4.07. The van der Waals surface area contributed by atoms with Gasteiger partial charge in [-0.15, -0.1) is 0 Å². The zero-order chi connectivity index (χ0) is 15.4. The van der Waals surface area contributed by atoms with Gasteiger partial charge in [0.25, 0.3) is 0 Å². The highest BCUT2D eigenvalue weighted by Gasteiger charge is 2.25. The summed E-state index contributed by atoms with van der Waals surface area (Å²) in [6.45, 7) is 3.32. The third kappa shape index (κ3) is 3.16. The van der Waals surface area contributed by atoms with Gasteiger partial charge in [0.05, 0.1) is 11.7 Å². The van der Waals surface area contributed by atoms with E-state index in [1.165, 1.54) is 41.0 Å². The number of hydrogen-bond donors (Lipinski definition) is 1. The van der Waals surface area contributed by atoms with Gasteiger partial charge in [-0.2, -0.15) is 0 Å². The third-order valence-electron chi connectivity index (χ3n) is 4.18. The Hall–Kier alpha value is -1.45. The van der Waals surface area contributed by atoms with Crippen molar-refractivity contribution < 1.29 is 0 Å². The molecule has 116 valence electrons. The first-order valence-corrected chi connectivity index (χ1v) is 8.91. The standard InChI is InChI=1S/C19H24N2S/c1-3-4-9-14-20-19-15-10-5-7-12-17(15)21(2)22-18-13-8-6-11-16(18)19/h5-8,10-13,19-20H,3-4,9,14H2,1-2H3. The number of nitrogens with zero attached hydrogens (tertiary/aromatic N) is 1. The molecule has 1 unspecified atom stereocenters. The molecule has 2 aromatic rings. The zero-order valence-electron chi connectivity index (χ0n) is 13.4. The Morgan fingerprint density at radius 2 is 1.73 bits per heavy atom. The van der Waals surface area contributed by atoms with E-state index in [0.29, 0.717) is 0 Å². The second-order valence-electron chi connectivity index (χ2n) is 5.78. The van der Waals surface area contributed by atoms with Crippen LogP contribution in [0.3, 0.4) is 0 Å². The van der Waals surface area contributed by atoms with Crippen molar-refractivity contribution in [1.82, 2.24) is 5.32 Å². The second kappa shape index (κ2) is 7.21. The predicted molar refractivity (Wildman–Crippen MR) is 96.5 cm³/mol. The fourth-order valence-electron chi connectivity index (χ4n) is 3.03. The van der Waals surface area contributed by atoms with Crippen molar-refractivity contribution in [3.05, 3.63) is 59.7 Å². The van der Waals surface area contributed by atoms with Gasteiger partial charge in [0.2, 0.25) is 0 Å². The predicted octanol–water partition coefficient (Wildman–Crippen LogP) is 5.01. The monoisotopic (exact) mass is 312 g/mol. The van der Waals surface area contributed by atoms with Crippen molar-refractivity contribution in [1.29, 1.82) is 0 Å². The summed E-state index contributed by atoms with van der Waals surface area (Å²) < 4.78 is 2.28. The highest BCUT2D eigenvalue weighted by molar-refractivity contribution is 8.00. The highest BCUT2D eigenvalue weighted by atomic mass is 32.2. The van der Waals surface area contributed by atoms with Crippen LogP contribution in [0.1, 0.15) is 43.4 Å². The van der Waals surface area contributed by atoms with E-state index in [0.717, 1.165) is 6.54 Å². The number of unbranched alkanes of at least 4 members (excludes halogenated alkanes) is 2. The molecule has 0 radical (unpaired) electrons. The van der Waals surface area contributed by atoms with E-state index >= 15 is 0 Å². The summed E-state index contributed by atoms with van der Waals surface area (Å²) in [5.74, 6) is 0. The van der Waals surface area contributed by atoms with E-state index < -0.39 is 0 Å². The molecule has 0 aliphatic carbocycles. The molecular weight excluding hydrogens is 288 g/mol. The van der Waals surface area contributed by atoms with E-state index in [2.05, 4.69) is 72.1 Å². The van der Waals surface area contributed by atoms with Crippen LogP contribution in [-0.4, -0.2) is 13.6 Å². The smallest absolute Gasteiger partial charge is 0.0609 e. The van der Waals surface area contributed by atoms with E-state index in [1.807, 2.05) is 11.9 Å². The van der Waals surface area contributed by atoms with Crippen LogP contribution in [0.25, 0.3) is 0 Å². The number of para-hydroxylation sites is 1. The second-order valence-corrected chi connectivity index (χ2v) is 6.95. The van der Waals surface area contributed by atoms with E-state index in [9.17, 15) is 0 Å². The van der Waals surface area contributed by atoms with Crippen molar-refractivity contribution in [2.75, 3.05) is 17.9 Å². The molecule has 3 heteroatoms. The molecule has 2 aromatic carbocycles. The topological polar surface area (TPSA) is 15.3 Å². The van der Waals surface area contributed by atoms with Crippen LogP contribution < -0.4 is 9.62 Å². The lowest BCUT2D eigenvalue weighted by molar-refractivity contribution is 0.562. The number of anilines is 1. The molecule has 0 fully saturated rings. The van der Waals surface area contributed by atoms with Crippen molar-refractivity contribution >= 4 is 17.6 Å². The van der Waals surface area contributed by atoms with Gasteiger partial charge in [0.15, 0.2) is 0 Å². The fraction of sp³-hybridized carbons (Fsp3) is 0.368. The summed E-state index contributed by atoms with van der Waals surface area (Å²) in [4.78, 5) is 1.34. The minimum absolute atomic E-state index is 0.279. The van der Waals surface area contributed by atoms with Crippen molar-refractivity contribution in [2.45, 2.75) is 37.1 Å². The summed E-state index contributed by atoms with van der Waals surface area (Å²) >= 11 is 1.82. The zero-order valence-corrected chi connectivity index (χ0v) is 14.2. The minimum atomic E-state index is 0.279. The Balaban J connectivity index is 1.96. The van der Waals surface area contributed by atoms with Crippen molar-refractivity contribution in [3.63, 3.8) is 0 Å². The molecule has 0 saturated heterocycles. The summed E-state index contributed by atoms with van der Waals surface area (Å²) in [5, 5.41) is 3.79. The van der Waals surface area contributed by atoms with Gasteiger partial charge < -0.3 is 9.62 Å². The average molecular weight is 312 g/mol. The highest BCUT2D eigenvalue weighted by Crippen LogP contribution is 2.42. The van der Waals surface area contributed by atoms with Crippen molar-refractivity contribution in [3.8, 4) is 0 Å². The van der Waals surface area contributed by atoms with Crippen molar-refractivity contribution in [2.24, 2.45) is 0 Å². The average Bonchev–Trinajstić information content (AvgIpc) is 2.67. The van der Waals surface area contributed by atoms with E-state index in [-0.39, 0.29) is 6.04 Å². The molecule has 1 N–H and O–H groups in total. The summed E-state index contributed by atoms with van der Waals surface area (Å²) in [7, 11) is 2.15. The van der Waals surface area contributed by atoms with Gasteiger partial charge in [-0.25, -0.2) is 0 Å². The van der Waals surface area contributed by atoms with Crippen LogP contribution >= 0.6 is 11.9 Å². The summed E-state index contributed by atoms with van der Waals surface area (Å²) in [6.07, 6.45) is 3.79. The van der Waals surface area contributed by atoms with E-state index in [4.69, 9.17) is 0 Å². The molecule has 0 amide bonds. The molecule has 1 aliphatic rings. The first-order chi connectivity index (χ1) is 10.8. The van der Waals surface area contributed by atoms with Gasteiger partial charge in [-0.05, 0) is 48.2 Å². The number of nitrogens with one attached hydrogen (secondary N) is 1. The molecule has 1 atom stereocenters. The lowest BCUT2D eigenvalue weighted by Gasteiger charge is -2.22. The van der Waals surface area contributed by atoms with Gasteiger partial charge in [-0.1, -0.05) is 56.2 Å².